The van der Waals surface area contributed by atoms with Gasteiger partial charge in [-0.25, -0.2) is 0 Å². The first kappa shape index (κ1) is 49.3. The van der Waals surface area contributed by atoms with Crippen molar-refractivity contribution < 1.29 is 54.7 Å². The summed E-state index contributed by atoms with van der Waals surface area (Å²) in [5.41, 5.74) is 2.51. The largest absolute Gasteiger partial charge is 0.504 e. The monoisotopic (exact) mass is 927 g/mol. The molecule has 12 nitrogen and oxygen atoms in total. The molecule has 14 heteroatoms. The van der Waals surface area contributed by atoms with E-state index >= 15 is 0 Å². The van der Waals surface area contributed by atoms with Gasteiger partial charge in [-0.1, -0.05) is 66.5 Å². The molecule has 0 unspecified atom stereocenters. The fourth-order valence-corrected chi connectivity index (χ4v) is 14.8. The Hall–Kier alpha value is -2.58. The number of fused-ring (bicyclic) bond motifs is 3. The number of rotatable bonds is 11. The van der Waals surface area contributed by atoms with Gasteiger partial charge in [-0.3, -0.25) is 0 Å². The van der Waals surface area contributed by atoms with Crippen molar-refractivity contribution in [2.45, 2.75) is 158 Å². The van der Waals surface area contributed by atoms with Crippen molar-refractivity contribution in [3.05, 3.63) is 41.0 Å². The minimum Gasteiger partial charge on any atom is -0.504 e. The minimum atomic E-state index is -1.05. The highest BCUT2D eigenvalue weighted by molar-refractivity contribution is 8.76. The van der Waals surface area contributed by atoms with Crippen LogP contribution in [0.2, 0.25) is 0 Å². The molecule has 64 heavy (non-hydrogen) atoms. The number of aryl methyl sites for hydroxylation is 1. The van der Waals surface area contributed by atoms with Crippen LogP contribution in [0.3, 0.4) is 0 Å². The number of aromatic hydroxyl groups is 2. The summed E-state index contributed by atoms with van der Waals surface area (Å²) in [6, 6.07) is 6.90. The molecule has 2 aromatic rings. The fraction of sp³-hybridized carbons (Fsp3) is 0.720. The van der Waals surface area contributed by atoms with E-state index in [1.165, 1.54) is 73.6 Å². The molecule has 0 aromatic heterocycles. The zero-order valence-electron chi connectivity index (χ0n) is 37.8. The van der Waals surface area contributed by atoms with E-state index in [1.807, 2.05) is 6.07 Å². The van der Waals surface area contributed by atoms with Gasteiger partial charge in [-0.2, -0.15) is 0 Å². The van der Waals surface area contributed by atoms with E-state index in [2.05, 4.69) is 24.1 Å². The zero-order valence-corrected chi connectivity index (χ0v) is 39.5. The van der Waals surface area contributed by atoms with Crippen molar-refractivity contribution >= 4 is 21.6 Å². The summed E-state index contributed by atoms with van der Waals surface area (Å²) in [4.78, 5) is 0. The van der Waals surface area contributed by atoms with Crippen LogP contribution in [0.25, 0.3) is 0 Å². The molecule has 8 N–H and O–H groups in total. The Morgan fingerprint density at radius 1 is 0.859 bits per heavy atom. The lowest BCUT2D eigenvalue weighted by Crippen LogP contribution is -2.51. The van der Waals surface area contributed by atoms with Crippen molar-refractivity contribution in [3.8, 4) is 40.6 Å². The van der Waals surface area contributed by atoms with Crippen LogP contribution >= 0.6 is 21.6 Å². The number of methoxy groups -OCH3 is 1. The number of phenols is 2. The second kappa shape index (κ2) is 22.9. The number of aliphatic hydroxyl groups excluding tert-OH is 5. The third-order valence-corrected chi connectivity index (χ3v) is 18.1. The fourth-order valence-electron chi connectivity index (χ4n) is 11.9. The maximum atomic E-state index is 11.8. The van der Waals surface area contributed by atoms with E-state index in [4.69, 9.17) is 18.9 Å². The number of benzene rings is 2. The molecule has 3 fully saturated rings. The average Bonchev–Trinajstić information content (AvgIpc) is 3.33. The van der Waals surface area contributed by atoms with Crippen molar-refractivity contribution in [1.29, 1.82) is 0 Å². The van der Waals surface area contributed by atoms with Gasteiger partial charge in [0.2, 0.25) is 5.75 Å². The van der Waals surface area contributed by atoms with Gasteiger partial charge in [0.15, 0.2) is 29.8 Å². The first-order valence-corrected chi connectivity index (χ1v) is 26.3. The predicted octanol–water partition coefficient (Wildman–Crippen LogP) is 7.55. The summed E-state index contributed by atoms with van der Waals surface area (Å²) >= 11 is 0. The maximum absolute atomic E-state index is 11.8. The van der Waals surface area contributed by atoms with Crippen LogP contribution in [0.1, 0.15) is 132 Å². The third kappa shape index (κ3) is 11.9. The van der Waals surface area contributed by atoms with Gasteiger partial charge in [0.1, 0.15) is 6.79 Å². The smallest absolute Gasteiger partial charge is 0.200 e. The normalized spacial score (nSPS) is 32.5. The molecule has 356 valence electrons. The molecule has 0 radical (unpaired) electrons. The highest BCUT2D eigenvalue weighted by atomic mass is 33.1. The quantitative estimate of drug-likeness (QED) is 0.0626. The second-order valence-electron chi connectivity index (χ2n) is 19.5. The van der Waals surface area contributed by atoms with Crippen LogP contribution in [0, 0.1) is 40.9 Å². The van der Waals surface area contributed by atoms with Crippen molar-refractivity contribution in [2.75, 3.05) is 39.6 Å². The number of hydrogen-bond donors (Lipinski definition) is 8. The first-order valence-electron chi connectivity index (χ1n) is 23.9. The molecular weight excluding hydrogens is 855 g/mol. The van der Waals surface area contributed by atoms with Gasteiger partial charge in [-0.05, 0) is 142 Å². The molecule has 3 saturated carbocycles. The third-order valence-electron chi connectivity index (χ3n) is 15.2. The number of phenolic OH excluding ortho intramolecular Hbond substituents is 2. The van der Waals surface area contributed by atoms with E-state index in [9.17, 15) is 35.7 Å². The molecule has 10 atom stereocenters. The molecule has 7 rings (SSSR count). The SMILES string of the molecule is COc1cc(C[C@@H]2[C@H](O)CSS[C@@H](CCO)c3cc(O)c(O[C@H]4CC[C@H]5CNC6(CC#C[C@]7(CCC[C@H](C)C7)[C@H]5C4)CCCCC6)cc3CC[C@H](OCO)C[C@H]2O)cc(OCO)c1O. The number of nitrogens with one attached hydrogen (secondary N) is 1. The lowest BCUT2D eigenvalue weighted by molar-refractivity contribution is -0.0808. The summed E-state index contributed by atoms with van der Waals surface area (Å²) < 4.78 is 23.3. The number of ether oxygens (including phenoxy) is 4. The first-order chi connectivity index (χ1) is 31.0. The van der Waals surface area contributed by atoms with Crippen LogP contribution < -0.4 is 19.5 Å². The Bertz CT molecular complexity index is 1890. The standard InChI is InChI=1S/C50H73NO11S2/c1-32-8-6-14-49(27-32)15-7-18-50(16-4-3-5-17-50)51-28-35-10-12-37(24-40(35)49)62-44-23-34-9-11-36(60-30-53)25-41(55)39(20-33-21-45(59-2)48(58)46(22-33)61-31-54)43(57)29-63-64-47(13-19-52)38(34)26-42(44)56/h21-23,26,32,35-37,39-41,43,47,51-58H,3-6,8-14,16-20,24-25,27-31H2,1-2H3/t32-,35-,36-,37-,39-,40-,41+,43+,47-,49-/m0/s1. The van der Waals surface area contributed by atoms with Gasteiger partial charge < -0.3 is 60.0 Å². The van der Waals surface area contributed by atoms with Crippen molar-refractivity contribution in [2.24, 2.45) is 29.1 Å². The van der Waals surface area contributed by atoms with E-state index in [0.717, 1.165) is 56.2 Å². The maximum Gasteiger partial charge on any atom is 0.200 e. The van der Waals surface area contributed by atoms with Crippen molar-refractivity contribution in [1.82, 2.24) is 5.32 Å². The summed E-state index contributed by atoms with van der Waals surface area (Å²) in [7, 11) is 4.35. The topological polar surface area (TPSA) is 191 Å². The van der Waals surface area contributed by atoms with Crippen molar-refractivity contribution in [3.63, 3.8) is 0 Å². The molecule has 3 aliphatic carbocycles. The number of aliphatic hydroxyl groups is 5. The van der Waals surface area contributed by atoms with E-state index in [0.29, 0.717) is 48.3 Å². The van der Waals surface area contributed by atoms with E-state index in [-0.39, 0.29) is 70.5 Å². The van der Waals surface area contributed by atoms with Crippen LogP contribution in [-0.4, -0.2) is 105 Å². The predicted molar refractivity (Wildman–Crippen MR) is 251 cm³/mol. The Morgan fingerprint density at radius 2 is 1.67 bits per heavy atom. The lowest BCUT2D eigenvalue weighted by Gasteiger charge is -2.49. The Kier molecular flexibility index (Phi) is 17.7. The molecule has 0 amide bonds. The van der Waals surface area contributed by atoms with Crippen LogP contribution in [-0.2, 0) is 17.6 Å². The zero-order chi connectivity index (χ0) is 45.3. The van der Waals surface area contributed by atoms with Gasteiger partial charge in [0.25, 0.3) is 0 Å². The Balaban J connectivity index is 1.13. The van der Waals surface area contributed by atoms with Crippen LogP contribution in [0.4, 0.5) is 0 Å². The highest BCUT2D eigenvalue weighted by Gasteiger charge is 2.48. The lowest BCUT2D eigenvalue weighted by atomic mass is 9.56. The average molecular weight is 928 g/mol. The summed E-state index contributed by atoms with van der Waals surface area (Å²) in [5.74, 6) is 9.26. The van der Waals surface area contributed by atoms with E-state index in [1.54, 1.807) is 18.2 Å². The molecule has 5 aliphatic rings. The van der Waals surface area contributed by atoms with Crippen LogP contribution in [0.5, 0.6) is 28.7 Å². The molecule has 2 spiro atoms. The van der Waals surface area contributed by atoms with Gasteiger partial charge in [0.05, 0.1) is 31.5 Å². The summed E-state index contributed by atoms with van der Waals surface area (Å²) in [5, 5.41) is 79.4. The Morgan fingerprint density at radius 3 is 2.42 bits per heavy atom. The van der Waals surface area contributed by atoms with Gasteiger partial charge in [0, 0.05) is 40.9 Å². The van der Waals surface area contributed by atoms with Crippen LogP contribution in [0.15, 0.2) is 24.3 Å². The molecule has 0 saturated heterocycles. The molecular formula is C50H73NO11S2. The molecule has 2 heterocycles. The Labute approximate surface area is 388 Å². The number of hydrogen-bond acceptors (Lipinski definition) is 14. The van der Waals surface area contributed by atoms with Gasteiger partial charge >= 0.3 is 0 Å². The van der Waals surface area contributed by atoms with E-state index < -0.39 is 37.8 Å². The summed E-state index contributed by atoms with van der Waals surface area (Å²) in [6.07, 6.45) is 13.6. The molecule has 2 aromatic carbocycles. The molecule has 2 aliphatic heterocycles. The van der Waals surface area contributed by atoms with Gasteiger partial charge in [-0.15, -0.1) is 5.92 Å². The highest BCUT2D eigenvalue weighted by Crippen LogP contribution is 2.54. The summed E-state index contributed by atoms with van der Waals surface area (Å²) in [6.45, 7) is 2.11. The second-order valence-corrected chi connectivity index (χ2v) is 22.1. The molecule has 0 bridgehead atoms. The minimum absolute atomic E-state index is 0.0118.